The lowest BCUT2D eigenvalue weighted by molar-refractivity contribution is 0.439. The Morgan fingerprint density at radius 3 is 2.40 bits per heavy atom. The topological polar surface area (TPSA) is 29.3 Å². The molecule has 0 fully saturated rings. The lowest BCUT2D eigenvalue weighted by Crippen LogP contribution is -2.32. The average Bonchev–Trinajstić information content (AvgIpc) is 1.82. The third-order valence-electron chi connectivity index (χ3n) is 1.42. The van der Waals surface area contributed by atoms with Crippen molar-refractivity contribution in [2.45, 2.75) is 20.3 Å². The number of thiocarbonyl (C=S) groups is 1. The summed E-state index contributed by atoms with van der Waals surface area (Å²) in [5, 5.41) is 0.487. The van der Waals surface area contributed by atoms with E-state index in [4.69, 9.17) is 18.0 Å². The van der Waals surface area contributed by atoms with Gasteiger partial charge in [0.1, 0.15) is 0 Å². The second-order valence-electron chi connectivity index (χ2n) is 2.94. The maximum absolute atomic E-state index is 5.38. The first-order valence-corrected chi connectivity index (χ1v) is 3.95. The Kier molecular flexibility index (Phi) is 4.36. The minimum Gasteiger partial charge on any atom is -0.376 e. The molecule has 0 rings (SSSR count). The Morgan fingerprint density at radius 1 is 1.60 bits per heavy atom. The average molecular weight is 160 g/mol. The highest BCUT2D eigenvalue weighted by Gasteiger charge is 1.99. The molecule has 0 aromatic rings. The first-order valence-electron chi connectivity index (χ1n) is 3.54. The Bertz CT molecular complexity index is 112. The quantitative estimate of drug-likeness (QED) is 0.629. The van der Waals surface area contributed by atoms with Crippen molar-refractivity contribution in [1.82, 2.24) is 4.90 Å². The molecule has 0 aromatic heterocycles. The van der Waals surface area contributed by atoms with Crippen LogP contribution < -0.4 is 5.73 Å². The minimum atomic E-state index is 0.487. The predicted molar refractivity (Wildman–Crippen MR) is 48.9 cm³/mol. The fourth-order valence-electron chi connectivity index (χ4n) is 0.562. The molecule has 0 spiro atoms. The van der Waals surface area contributed by atoms with Gasteiger partial charge in [-0.2, -0.15) is 0 Å². The molecule has 0 bridgehead atoms. The van der Waals surface area contributed by atoms with E-state index in [0.29, 0.717) is 5.11 Å². The van der Waals surface area contributed by atoms with Gasteiger partial charge >= 0.3 is 0 Å². The summed E-state index contributed by atoms with van der Waals surface area (Å²) in [6.07, 6.45) is 1.15. The maximum Gasteiger partial charge on any atom is 0.166 e. The van der Waals surface area contributed by atoms with Crippen molar-refractivity contribution in [3.63, 3.8) is 0 Å². The zero-order chi connectivity index (χ0) is 8.15. The summed E-state index contributed by atoms with van der Waals surface area (Å²) < 4.78 is 0. The summed E-state index contributed by atoms with van der Waals surface area (Å²) >= 11 is 4.77. The van der Waals surface area contributed by atoms with Crippen LogP contribution in [0.1, 0.15) is 20.3 Å². The number of hydrogen-bond donors (Lipinski definition) is 1. The van der Waals surface area contributed by atoms with E-state index in [-0.39, 0.29) is 0 Å². The SMILES string of the molecule is CC(C)CCN(C)C(N)=S. The Labute approximate surface area is 68.4 Å². The molecule has 3 heteroatoms. The number of nitrogens with two attached hydrogens (primary N) is 1. The molecule has 60 valence electrons. The molecule has 0 aliphatic carbocycles. The van der Waals surface area contributed by atoms with Crippen LogP contribution in [0.2, 0.25) is 0 Å². The highest BCUT2D eigenvalue weighted by atomic mass is 32.1. The predicted octanol–water partition coefficient (Wildman–Crippen LogP) is 1.21. The van der Waals surface area contributed by atoms with E-state index < -0.39 is 0 Å². The Balaban J connectivity index is 3.40. The van der Waals surface area contributed by atoms with E-state index in [2.05, 4.69) is 13.8 Å². The number of rotatable bonds is 3. The maximum atomic E-state index is 5.38. The lowest BCUT2D eigenvalue weighted by Gasteiger charge is -2.17. The van der Waals surface area contributed by atoms with Crippen molar-refractivity contribution in [2.24, 2.45) is 11.7 Å². The smallest absolute Gasteiger partial charge is 0.166 e. The molecular formula is C7H16N2S. The van der Waals surface area contributed by atoms with Crippen LogP contribution in [-0.4, -0.2) is 23.6 Å². The molecule has 10 heavy (non-hydrogen) atoms. The van der Waals surface area contributed by atoms with E-state index >= 15 is 0 Å². The summed E-state index contributed by atoms with van der Waals surface area (Å²) in [5.41, 5.74) is 5.38. The minimum absolute atomic E-state index is 0.487. The van der Waals surface area contributed by atoms with Crippen LogP contribution in [0.25, 0.3) is 0 Å². The van der Waals surface area contributed by atoms with Crippen molar-refractivity contribution >= 4 is 17.3 Å². The molecule has 0 aliphatic rings. The third-order valence-corrected chi connectivity index (χ3v) is 1.73. The van der Waals surface area contributed by atoms with Crippen LogP contribution in [0.15, 0.2) is 0 Å². The summed E-state index contributed by atoms with van der Waals surface area (Å²) in [6.45, 7) is 5.34. The van der Waals surface area contributed by atoms with E-state index in [0.717, 1.165) is 18.9 Å². The lowest BCUT2D eigenvalue weighted by atomic mass is 10.1. The van der Waals surface area contributed by atoms with Crippen LogP contribution in [0.3, 0.4) is 0 Å². The number of nitrogens with zero attached hydrogens (tertiary/aromatic N) is 1. The Hall–Kier alpha value is -0.310. The highest BCUT2D eigenvalue weighted by Crippen LogP contribution is 1.99. The molecule has 0 amide bonds. The molecule has 0 radical (unpaired) electrons. The van der Waals surface area contributed by atoms with E-state index in [1.165, 1.54) is 0 Å². The second kappa shape index (κ2) is 4.50. The van der Waals surface area contributed by atoms with Gasteiger partial charge in [-0.15, -0.1) is 0 Å². The molecule has 0 atom stereocenters. The van der Waals surface area contributed by atoms with Gasteiger partial charge in [-0.05, 0) is 24.6 Å². The molecular weight excluding hydrogens is 144 g/mol. The molecule has 0 heterocycles. The van der Waals surface area contributed by atoms with Crippen molar-refractivity contribution in [3.05, 3.63) is 0 Å². The van der Waals surface area contributed by atoms with Gasteiger partial charge in [0.05, 0.1) is 0 Å². The van der Waals surface area contributed by atoms with Gasteiger partial charge in [0, 0.05) is 13.6 Å². The van der Waals surface area contributed by atoms with Crippen LogP contribution in [0.4, 0.5) is 0 Å². The first-order chi connectivity index (χ1) is 4.54. The van der Waals surface area contributed by atoms with Gasteiger partial charge in [-0.3, -0.25) is 0 Å². The van der Waals surface area contributed by atoms with Crippen LogP contribution >= 0.6 is 12.2 Å². The molecule has 0 saturated carbocycles. The molecule has 0 aliphatic heterocycles. The fourth-order valence-corrected chi connectivity index (χ4v) is 0.653. The molecule has 0 saturated heterocycles. The molecule has 2 N–H and O–H groups in total. The second-order valence-corrected chi connectivity index (χ2v) is 3.36. The Morgan fingerprint density at radius 2 is 2.10 bits per heavy atom. The summed E-state index contributed by atoms with van der Waals surface area (Å²) in [7, 11) is 1.92. The van der Waals surface area contributed by atoms with Gasteiger partial charge in [0.15, 0.2) is 5.11 Å². The van der Waals surface area contributed by atoms with Crippen LogP contribution in [-0.2, 0) is 0 Å². The van der Waals surface area contributed by atoms with E-state index in [9.17, 15) is 0 Å². The highest BCUT2D eigenvalue weighted by molar-refractivity contribution is 7.80. The van der Waals surface area contributed by atoms with Gasteiger partial charge in [0.25, 0.3) is 0 Å². The van der Waals surface area contributed by atoms with Gasteiger partial charge < -0.3 is 10.6 Å². The van der Waals surface area contributed by atoms with Crippen LogP contribution in [0, 0.1) is 5.92 Å². The third kappa shape index (κ3) is 4.56. The van der Waals surface area contributed by atoms with E-state index in [1.807, 2.05) is 11.9 Å². The zero-order valence-electron chi connectivity index (χ0n) is 6.92. The monoisotopic (exact) mass is 160 g/mol. The van der Waals surface area contributed by atoms with Crippen LogP contribution in [0.5, 0.6) is 0 Å². The van der Waals surface area contributed by atoms with Gasteiger partial charge in [-0.1, -0.05) is 13.8 Å². The zero-order valence-corrected chi connectivity index (χ0v) is 7.74. The van der Waals surface area contributed by atoms with Gasteiger partial charge in [-0.25, -0.2) is 0 Å². The molecule has 0 unspecified atom stereocenters. The van der Waals surface area contributed by atoms with E-state index in [1.54, 1.807) is 0 Å². The fraction of sp³-hybridized carbons (Fsp3) is 0.857. The molecule has 2 nitrogen and oxygen atoms in total. The first kappa shape index (κ1) is 9.69. The van der Waals surface area contributed by atoms with Gasteiger partial charge in [0.2, 0.25) is 0 Å². The standard InChI is InChI=1S/C7H16N2S/c1-6(2)4-5-9(3)7(8)10/h6H,4-5H2,1-3H3,(H2,8,10). The largest absolute Gasteiger partial charge is 0.376 e. The van der Waals surface area contributed by atoms with Crippen molar-refractivity contribution in [3.8, 4) is 0 Å². The number of hydrogen-bond acceptors (Lipinski definition) is 1. The summed E-state index contributed by atoms with van der Waals surface area (Å²) in [5.74, 6) is 0.719. The van der Waals surface area contributed by atoms with Crippen molar-refractivity contribution in [2.75, 3.05) is 13.6 Å². The molecule has 0 aromatic carbocycles. The van der Waals surface area contributed by atoms with Crippen molar-refractivity contribution in [1.29, 1.82) is 0 Å². The normalized spacial score (nSPS) is 10.0. The summed E-state index contributed by atoms with van der Waals surface area (Å²) in [6, 6.07) is 0. The van der Waals surface area contributed by atoms with Crippen molar-refractivity contribution < 1.29 is 0 Å². The summed E-state index contributed by atoms with van der Waals surface area (Å²) in [4.78, 5) is 1.90.